The van der Waals surface area contributed by atoms with E-state index in [0.717, 1.165) is 13.8 Å². The molecule has 0 radical (unpaired) electrons. The lowest BCUT2D eigenvalue weighted by Crippen LogP contribution is -2.70. The van der Waals surface area contributed by atoms with Gasteiger partial charge < -0.3 is 234 Å². The third-order valence-corrected chi connectivity index (χ3v) is 23.1. The highest BCUT2D eigenvalue weighted by Gasteiger charge is 2.63. The molecule has 0 aromatic heterocycles. The van der Waals surface area contributed by atoms with Crippen LogP contribution in [0.4, 0.5) is 0 Å². The van der Waals surface area contributed by atoms with Crippen molar-refractivity contribution in [2.24, 2.45) is 11.8 Å². The van der Waals surface area contributed by atoms with Crippen molar-refractivity contribution < 1.29 is 243 Å². The van der Waals surface area contributed by atoms with Gasteiger partial charge in [-0.2, -0.15) is 0 Å². The summed E-state index contributed by atoms with van der Waals surface area (Å²) in [6, 6.07) is -3.88. The predicted octanol–water partition coefficient (Wildman–Crippen LogP) is -17.5. The molecule has 0 aromatic carbocycles. The van der Waals surface area contributed by atoms with Gasteiger partial charge in [0, 0.05) is 38.5 Å². The highest BCUT2D eigenvalue weighted by atomic mass is 16.8. The van der Waals surface area contributed by atoms with Crippen molar-refractivity contribution in [3.63, 3.8) is 0 Å². The summed E-state index contributed by atoms with van der Waals surface area (Å²) in [5.74, 6) is -13.6. The molecule has 51 heteroatoms. The van der Waals surface area contributed by atoms with Crippen LogP contribution < -0.4 is 10.6 Å². The molecule has 30 N–H and O–H groups in total. The summed E-state index contributed by atoms with van der Waals surface area (Å²) in [6.07, 6.45) is -84.2. The summed E-state index contributed by atoms with van der Waals surface area (Å²) in [7, 11) is 0. The molecule has 9 aliphatic heterocycles. The van der Waals surface area contributed by atoms with Crippen LogP contribution in [-0.4, -0.2) is 501 Å². The van der Waals surface area contributed by atoms with E-state index in [4.69, 9.17) is 80.5 Å². The fourth-order valence-electron chi connectivity index (χ4n) is 16.2. The number of hydrogen-bond acceptors (Lipinski definition) is 47. The Bertz CT molecular complexity index is 3230. The SMILES string of the molecule is CC[C@H]1C([C@H](O)[C@H](O)CO)O[C@@](OCC2O[C@@H](O[C@@H]3C(CO)O[C@@H](OC4[C@@H](OCC5O[C@@H](C)C(O)[C@@H](O[C@@H]6OC(CO)[C@H](O)C(O)[C@@H]6O[C@@H]6OC(CO)[C@@H](O[C@@H]7OC(CO[C@]8(C(=O)O)C[C@@H](O)[C@@H](CC)C([C@H](O)[C@H](O)CO)O8)[C@H](O)[C@H](O)C7O)[C@H](O)C6NC(C)=O)[C@@H]5O)OC(CO)[C@@H](O)[C@@H]4O)C(NC(C)=O)[C@H]3O)C(O)[C@@H](O)[C@H]2O)(C(=O)O)C[C@H]1O. The van der Waals surface area contributed by atoms with Crippen LogP contribution in [0.25, 0.3) is 0 Å². The predicted molar refractivity (Wildman–Crippen MR) is 374 cm³/mol. The number of aliphatic hydroxyl groups excluding tert-OH is 26. The van der Waals surface area contributed by atoms with E-state index in [-0.39, 0.29) is 12.8 Å². The molecule has 9 rings (SSSR count). The molecule has 2 amide bonds. The first kappa shape index (κ1) is 99.9. The lowest BCUT2D eigenvalue weighted by molar-refractivity contribution is -0.387. The minimum absolute atomic E-state index is 0.0488. The Labute approximate surface area is 681 Å². The molecule has 0 aliphatic carbocycles. The monoisotopic (exact) mass is 1760 g/mol. The molecule has 9 heterocycles. The summed E-state index contributed by atoms with van der Waals surface area (Å²) >= 11 is 0. The number of nitrogens with one attached hydrogen (secondary N) is 2. The smallest absolute Gasteiger partial charge is 0.364 e. The van der Waals surface area contributed by atoms with Gasteiger partial charge in [0.25, 0.3) is 11.6 Å². The van der Waals surface area contributed by atoms with Crippen LogP contribution in [0.1, 0.15) is 60.3 Å². The maximum absolute atomic E-state index is 13.0. The molecule has 9 aliphatic rings. The Morgan fingerprint density at radius 1 is 0.375 bits per heavy atom. The van der Waals surface area contributed by atoms with Gasteiger partial charge in [-0.15, -0.1) is 0 Å². The van der Waals surface area contributed by atoms with Crippen molar-refractivity contribution >= 4 is 23.8 Å². The van der Waals surface area contributed by atoms with Gasteiger partial charge in [0.05, 0.1) is 90.0 Å². The summed E-state index contributed by atoms with van der Waals surface area (Å²) < 4.78 is 100. The summed E-state index contributed by atoms with van der Waals surface area (Å²) in [4.78, 5) is 51.7. The molecule has 696 valence electrons. The van der Waals surface area contributed by atoms with Crippen LogP contribution in [0, 0.1) is 11.8 Å². The van der Waals surface area contributed by atoms with E-state index in [0.29, 0.717) is 0 Å². The molecule has 16 unspecified atom stereocenters. The largest absolute Gasteiger partial charge is 0.477 e. The number of carbonyl (C=O) groups excluding carboxylic acids is 2. The van der Waals surface area contributed by atoms with E-state index in [9.17, 15) is 162 Å². The van der Waals surface area contributed by atoms with Gasteiger partial charge in [0.1, 0.15) is 195 Å². The zero-order chi connectivity index (χ0) is 88.9. The number of aliphatic hydroxyl groups is 26. The van der Waals surface area contributed by atoms with Gasteiger partial charge in [-0.1, -0.05) is 13.8 Å². The van der Waals surface area contributed by atoms with E-state index in [1.807, 2.05) is 0 Å². The number of carboxylic acid groups (broad SMARTS) is 2. The summed E-state index contributed by atoms with van der Waals surface area (Å²) in [6.45, 7) is -3.43. The van der Waals surface area contributed by atoms with Crippen molar-refractivity contribution in [1.29, 1.82) is 0 Å². The molecule has 9 saturated heterocycles. The fraction of sp³-hybridized carbons (Fsp3) is 0.942. The quantitative estimate of drug-likeness (QED) is 0.0280. The van der Waals surface area contributed by atoms with Crippen molar-refractivity contribution in [2.75, 3.05) is 59.5 Å². The molecular formula is C69H116N2O49. The zero-order valence-corrected chi connectivity index (χ0v) is 65.3. The zero-order valence-electron chi connectivity index (χ0n) is 65.3. The van der Waals surface area contributed by atoms with E-state index in [1.165, 1.54) is 6.92 Å². The molecular weight excluding hydrogens is 1640 g/mol. The van der Waals surface area contributed by atoms with Gasteiger partial charge in [-0.25, -0.2) is 9.59 Å². The van der Waals surface area contributed by atoms with Gasteiger partial charge in [-0.05, 0) is 19.8 Å². The van der Waals surface area contributed by atoms with Gasteiger partial charge in [-0.3, -0.25) is 9.59 Å². The third kappa shape index (κ3) is 21.4. The highest BCUT2D eigenvalue weighted by molar-refractivity contribution is 5.76. The lowest BCUT2D eigenvalue weighted by Gasteiger charge is -2.50. The van der Waals surface area contributed by atoms with E-state index >= 15 is 0 Å². The average Bonchev–Trinajstić information content (AvgIpc) is 0.773. The van der Waals surface area contributed by atoms with Crippen LogP contribution in [0.5, 0.6) is 0 Å². The average molecular weight is 1760 g/mol. The number of aliphatic carboxylic acids is 2. The number of carboxylic acids is 2. The van der Waals surface area contributed by atoms with Gasteiger partial charge >= 0.3 is 11.9 Å². The number of hydrogen-bond donors (Lipinski definition) is 30. The summed E-state index contributed by atoms with van der Waals surface area (Å²) in [5.41, 5.74) is 0. The van der Waals surface area contributed by atoms with Crippen LogP contribution >= 0.6 is 0 Å². The Balaban J connectivity index is 0.892. The number of carbonyl (C=O) groups is 4. The maximum Gasteiger partial charge on any atom is 0.364 e. The minimum Gasteiger partial charge on any atom is -0.477 e. The fourth-order valence-corrected chi connectivity index (χ4v) is 16.2. The van der Waals surface area contributed by atoms with Crippen molar-refractivity contribution in [2.45, 2.75) is 335 Å². The Morgan fingerprint density at radius 3 is 1.07 bits per heavy atom. The summed E-state index contributed by atoms with van der Waals surface area (Å²) in [5, 5.41) is 313. The third-order valence-electron chi connectivity index (χ3n) is 23.1. The number of amides is 2. The van der Waals surface area contributed by atoms with Crippen molar-refractivity contribution in [3.8, 4) is 0 Å². The second-order valence-electron chi connectivity index (χ2n) is 31.1. The first-order valence-corrected chi connectivity index (χ1v) is 39.0. The van der Waals surface area contributed by atoms with Gasteiger partial charge in [0.15, 0.2) is 37.7 Å². The molecule has 0 spiro atoms. The van der Waals surface area contributed by atoms with E-state index in [1.54, 1.807) is 13.8 Å². The Kier molecular flexibility index (Phi) is 35.7. The molecule has 0 bridgehead atoms. The first-order valence-electron chi connectivity index (χ1n) is 39.0. The highest BCUT2D eigenvalue weighted by Crippen LogP contribution is 2.44. The van der Waals surface area contributed by atoms with Crippen LogP contribution in [0.15, 0.2) is 0 Å². The van der Waals surface area contributed by atoms with E-state index < -0.39 is 383 Å². The molecule has 120 heavy (non-hydrogen) atoms. The van der Waals surface area contributed by atoms with Gasteiger partial charge in [0.2, 0.25) is 11.8 Å². The topological polar surface area (TPSA) is 816 Å². The molecule has 9 fully saturated rings. The molecule has 51 nitrogen and oxygen atoms in total. The maximum atomic E-state index is 13.0. The van der Waals surface area contributed by atoms with E-state index in [2.05, 4.69) is 10.6 Å². The van der Waals surface area contributed by atoms with Crippen LogP contribution in [0.2, 0.25) is 0 Å². The number of ether oxygens (including phenoxy) is 17. The Morgan fingerprint density at radius 2 is 0.708 bits per heavy atom. The van der Waals surface area contributed by atoms with Crippen molar-refractivity contribution in [3.05, 3.63) is 0 Å². The van der Waals surface area contributed by atoms with Crippen molar-refractivity contribution in [1.82, 2.24) is 10.6 Å². The first-order chi connectivity index (χ1) is 56.6. The second-order valence-corrected chi connectivity index (χ2v) is 31.1. The minimum atomic E-state index is -2.89. The second kappa shape index (κ2) is 42.8. The standard InChI is InChI=1S/C69H116N2O49/c1-6-22-24(80)8-68(66(100)101,119-53(22)38(85)26(82)10-72)105-17-33-42(89)47(94)51(98)62(112-33)114-55-30(14-76)110-60(35(45(55)92)70-20(4)78)117-58-49(96)40(87)28(12-74)108-64(58)104-16-32-44(91)57(37(84)19(3)107-32)116-65-59(50(97)41(88)29(13-75)109-65)118-61-36(71-21(5)79)46(93)56(31(15-77)111-61)115-63-52(99)48(95)43(90)34(113-63)18-106-69(67(102)103)9-25(81)23(7-2)54(120-69)39(86)27(83)11-73/h19,22-65,72-77,80-99H,6-18H2,1-5H3,(H,70,78)(H,71,79)(H,100,101)(H,102,103)/t19-,22+,23+,24+,25+,26+,27+,28?,29?,30?,31?,32?,33?,34?,35?,36?,37?,38+,39+,40+,41-,42-,43-,44+,45+,46+,47-,48-,49-,50?,51?,52?,53?,54?,55+,56+,57+,58?,59-,60-,61-,62-,63-,64-,65-,68+,69+/m0/s1. The van der Waals surface area contributed by atoms with Crippen LogP contribution in [-0.2, 0) is 99.7 Å². The van der Waals surface area contributed by atoms with Crippen LogP contribution in [0.3, 0.4) is 0 Å². The normalized spacial score (nSPS) is 47.6. The number of rotatable bonds is 35. The lowest BCUT2D eigenvalue weighted by atomic mass is 9.82. The molecule has 0 aromatic rings. The molecule has 47 atom stereocenters. The molecule has 0 saturated carbocycles. The Hall–Kier alpha value is -3.84.